The highest BCUT2D eigenvalue weighted by atomic mass is 14.8. The summed E-state index contributed by atoms with van der Waals surface area (Å²) in [5, 5.41) is 0. The van der Waals surface area contributed by atoms with E-state index in [0.29, 0.717) is 0 Å². The summed E-state index contributed by atoms with van der Waals surface area (Å²) in [6.45, 7) is 0. The maximum absolute atomic E-state index is 4.12. The fourth-order valence-corrected chi connectivity index (χ4v) is 0.896. The Morgan fingerprint density at radius 1 is 1.00 bits per heavy atom. The lowest BCUT2D eigenvalue weighted by Crippen LogP contribution is -1.86. The summed E-state index contributed by atoms with van der Waals surface area (Å²) in [4.78, 5) is 12.2. The van der Waals surface area contributed by atoms with Crippen molar-refractivity contribution in [2.75, 3.05) is 0 Å². The topological polar surface area (TPSA) is 38.7 Å². The van der Waals surface area contributed by atoms with Crippen molar-refractivity contribution in [1.82, 2.24) is 15.0 Å². The molecule has 0 saturated heterocycles. The van der Waals surface area contributed by atoms with E-state index in [1.54, 1.807) is 36.9 Å². The molecule has 57 valence electrons. The largest absolute Gasteiger partial charge is 0.261 e. The van der Waals surface area contributed by atoms with E-state index in [1.807, 2.05) is 0 Å². The predicted octanol–water partition coefficient (Wildman–Crippen LogP) is 1.34. The Labute approximate surface area is 70.1 Å². The van der Waals surface area contributed by atoms with Crippen molar-refractivity contribution in [3.8, 4) is 11.4 Å². The minimum Gasteiger partial charge on any atom is -0.261 e. The number of hydrogen-bond acceptors (Lipinski definition) is 3. The molecule has 12 heavy (non-hydrogen) atoms. The van der Waals surface area contributed by atoms with Crippen LogP contribution in [0.15, 0.2) is 36.9 Å². The lowest BCUT2D eigenvalue weighted by atomic mass is 10.3. The van der Waals surface area contributed by atoms with Crippen LogP contribution in [-0.4, -0.2) is 15.0 Å². The first-order chi connectivity index (χ1) is 5.97. The maximum atomic E-state index is 4.12. The molecule has 2 heterocycles. The van der Waals surface area contributed by atoms with Gasteiger partial charge in [-0.15, -0.1) is 0 Å². The van der Waals surface area contributed by atoms with Crippen LogP contribution in [0.3, 0.4) is 0 Å². The Hall–Kier alpha value is -1.77. The van der Waals surface area contributed by atoms with Crippen molar-refractivity contribution in [1.29, 1.82) is 0 Å². The van der Waals surface area contributed by atoms with Crippen LogP contribution >= 0.6 is 0 Å². The lowest BCUT2D eigenvalue weighted by molar-refractivity contribution is 1.17. The van der Waals surface area contributed by atoms with Gasteiger partial charge in [0.1, 0.15) is 5.69 Å². The van der Waals surface area contributed by atoms with Gasteiger partial charge in [-0.1, -0.05) is 0 Å². The third-order valence-corrected chi connectivity index (χ3v) is 1.43. The molecule has 2 rings (SSSR count). The van der Waals surface area contributed by atoms with Crippen molar-refractivity contribution in [3.63, 3.8) is 0 Å². The van der Waals surface area contributed by atoms with Crippen molar-refractivity contribution in [2.45, 2.75) is 0 Å². The molecule has 0 amide bonds. The van der Waals surface area contributed by atoms with Crippen molar-refractivity contribution < 1.29 is 0 Å². The van der Waals surface area contributed by atoms with Crippen LogP contribution in [0.25, 0.3) is 11.4 Å². The number of pyridine rings is 1. The highest BCUT2D eigenvalue weighted by Gasteiger charge is 1.96. The van der Waals surface area contributed by atoms with Crippen LogP contribution in [0.2, 0.25) is 0 Å². The van der Waals surface area contributed by atoms with Crippen LogP contribution < -0.4 is 0 Å². The van der Waals surface area contributed by atoms with Crippen molar-refractivity contribution >= 4 is 0 Å². The van der Waals surface area contributed by atoms with Gasteiger partial charge in [0.2, 0.25) is 0 Å². The summed E-state index contributed by atoms with van der Waals surface area (Å²) < 4.78 is 0. The van der Waals surface area contributed by atoms with Gasteiger partial charge in [0.05, 0.1) is 11.9 Å². The van der Waals surface area contributed by atoms with E-state index in [1.165, 1.54) is 0 Å². The maximum Gasteiger partial charge on any atom is 0.107 e. The summed E-state index contributed by atoms with van der Waals surface area (Å²) in [6.07, 6.45) is 6.64. The first kappa shape index (κ1) is 6.91. The fraction of sp³-hybridized carbons (Fsp3) is 0. The molecule has 0 aliphatic carbocycles. The van der Waals surface area contributed by atoms with E-state index in [-0.39, 0.29) is 0 Å². The Morgan fingerprint density at radius 3 is 2.58 bits per heavy atom. The minimum absolute atomic E-state index is 0.773. The highest BCUT2D eigenvalue weighted by molar-refractivity contribution is 5.51. The van der Waals surface area contributed by atoms with Gasteiger partial charge < -0.3 is 0 Å². The summed E-state index contributed by atoms with van der Waals surface area (Å²) in [5.41, 5.74) is 1.57. The average Bonchev–Trinajstić information content (AvgIpc) is 2.21. The molecule has 0 aliphatic heterocycles. The van der Waals surface area contributed by atoms with Gasteiger partial charge in [0.15, 0.2) is 0 Å². The summed E-state index contributed by atoms with van der Waals surface area (Å²) in [7, 11) is 0. The summed E-state index contributed by atoms with van der Waals surface area (Å²) in [6, 6.07) is 6.46. The number of nitrogens with zero attached hydrogens (tertiary/aromatic N) is 3. The van der Waals surface area contributed by atoms with Crippen LogP contribution in [0.5, 0.6) is 0 Å². The number of hydrogen-bond donors (Lipinski definition) is 0. The van der Waals surface area contributed by atoms with Crippen molar-refractivity contribution in [3.05, 3.63) is 43.0 Å². The molecule has 3 nitrogen and oxygen atoms in total. The molecular formula is C9H6N3. The van der Waals surface area contributed by atoms with Gasteiger partial charge in [-0.2, -0.15) is 0 Å². The molecule has 0 aliphatic rings. The quantitative estimate of drug-likeness (QED) is 0.625. The Morgan fingerprint density at radius 2 is 1.92 bits per heavy atom. The molecule has 0 fully saturated rings. The minimum atomic E-state index is 0.773. The second-order valence-electron chi connectivity index (χ2n) is 2.23. The number of aromatic nitrogens is 3. The standard InChI is InChI=1S/C9H6N3/c1-2-4-11-8(3-1)9-7-10-5-6-12-9/h2-7H. The van der Waals surface area contributed by atoms with Crippen LogP contribution in [0.1, 0.15) is 0 Å². The van der Waals surface area contributed by atoms with Crippen molar-refractivity contribution in [2.24, 2.45) is 0 Å². The number of rotatable bonds is 1. The van der Waals surface area contributed by atoms with Gasteiger partial charge in [-0.05, 0) is 18.2 Å². The Kier molecular flexibility index (Phi) is 1.78. The van der Waals surface area contributed by atoms with E-state index >= 15 is 0 Å². The molecule has 0 saturated carbocycles. The van der Waals surface area contributed by atoms with Crippen LogP contribution in [-0.2, 0) is 0 Å². The molecule has 0 aromatic carbocycles. The van der Waals surface area contributed by atoms with Crippen LogP contribution in [0, 0.1) is 6.07 Å². The molecule has 0 atom stereocenters. The predicted molar refractivity (Wildman–Crippen MR) is 44.1 cm³/mol. The summed E-state index contributed by atoms with van der Waals surface area (Å²) in [5.74, 6) is 0. The smallest absolute Gasteiger partial charge is 0.107 e. The van der Waals surface area contributed by atoms with E-state index in [4.69, 9.17) is 0 Å². The lowest BCUT2D eigenvalue weighted by Gasteiger charge is -1.95. The molecule has 0 spiro atoms. The van der Waals surface area contributed by atoms with Gasteiger partial charge in [0.25, 0.3) is 0 Å². The van der Waals surface area contributed by atoms with Gasteiger partial charge in [-0.3, -0.25) is 15.0 Å². The normalized spacial score (nSPS) is 9.67. The first-order valence-electron chi connectivity index (χ1n) is 3.55. The average molecular weight is 156 g/mol. The molecule has 0 unspecified atom stereocenters. The van der Waals surface area contributed by atoms with Gasteiger partial charge in [0, 0.05) is 18.6 Å². The van der Waals surface area contributed by atoms with E-state index in [0.717, 1.165) is 11.4 Å². The summed E-state index contributed by atoms with van der Waals surface area (Å²) >= 11 is 0. The molecule has 2 aromatic rings. The Bertz CT molecular complexity index is 307. The molecule has 1 radical (unpaired) electrons. The zero-order chi connectivity index (χ0) is 8.23. The second kappa shape index (κ2) is 3.09. The fourth-order valence-electron chi connectivity index (χ4n) is 0.896. The zero-order valence-electron chi connectivity index (χ0n) is 6.31. The molecule has 3 heteroatoms. The van der Waals surface area contributed by atoms with Crippen LogP contribution in [0.4, 0.5) is 0 Å². The zero-order valence-corrected chi connectivity index (χ0v) is 6.31. The van der Waals surface area contributed by atoms with E-state index in [2.05, 4.69) is 21.0 Å². The molecule has 2 aromatic heterocycles. The van der Waals surface area contributed by atoms with Gasteiger partial charge in [-0.25, -0.2) is 0 Å². The van der Waals surface area contributed by atoms with Gasteiger partial charge >= 0.3 is 0 Å². The molecular weight excluding hydrogens is 150 g/mol. The monoisotopic (exact) mass is 156 g/mol. The highest BCUT2D eigenvalue weighted by Crippen LogP contribution is 2.09. The molecule has 0 N–H and O–H groups in total. The Balaban J connectivity index is 2.46. The second-order valence-corrected chi connectivity index (χ2v) is 2.23. The third-order valence-electron chi connectivity index (χ3n) is 1.43. The first-order valence-corrected chi connectivity index (χ1v) is 3.55. The van der Waals surface area contributed by atoms with E-state index < -0.39 is 0 Å². The van der Waals surface area contributed by atoms with E-state index in [9.17, 15) is 0 Å². The third kappa shape index (κ3) is 1.29. The SMILES string of the molecule is [c]1ccnc(-c2cnccn2)c1. The molecule has 0 bridgehead atoms.